The Morgan fingerprint density at radius 3 is 1.98 bits per heavy atom. The molecule has 0 unspecified atom stereocenters. The number of fused-ring (bicyclic) bond motifs is 13. The summed E-state index contributed by atoms with van der Waals surface area (Å²) in [6.45, 7) is 0. The zero-order valence-electron chi connectivity index (χ0n) is 22.6. The van der Waals surface area contributed by atoms with Gasteiger partial charge in [0, 0.05) is 26.6 Å². The summed E-state index contributed by atoms with van der Waals surface area (Å²) < 4.78 is 26.9. The summed E-state index contributed by atoms with van der Waals surface area (Å²) in [6, 6.07) is 39.8. The average Bonchev–Trinajstić information content (AvgIpc) is 3.80. The molecule has 6 heteroatoms. The minimum atomic E-state index is -3.55. The third kappa shape index (κ3) is 2.82. The Labute approximate surface area is 256 Å². The molecular weight excluding hydrogens is 587 g/mol. The Balaban J connectivity index is 1.33. The molecule has 0 bridgehead atoms. The largest absolute Gasteiger partial charge is 0.310 e. The van der Waals surface area contributed by atoms with Crippen LogP contribution in [0.15, 0.2) is 136 Å². The number of nitrogens with zero attached hydrogens (tertiary/aromatic N) is 1. The maximum absolute atomic E-state index is 13.4. The third-order valence-electron chi connectivity index (χ3n) is 9.38. The van der Waals surface area contributed by atoms with Crippen molar-refractivity contribution in [3.05, 3.63) is 148 Å². The molecule has 0 atom stereocenters. The number of anilines is 3. The molecule has 2 aromatic heterocycles. The lowest BCUT2D eigenvalue weighted by Crippen LogP contribution is -2.35. The van der Waals surface area contributed by atoms with Crippen molar-refractivity contribution in [2.75, 3.05) is 4.90 Å². The summed E-state index contributed by atoms with van der Waals surface area (Å²) in [5.41, 5.74) is 9.42. The van der Waals surface area contributed by atoms with Gasteiger partial charge in [-0.2, -0.15) is 0 Å². The molecule has 2 aliphatic heterocycles. The predicted molar refractivity (Wildman–Crippen MR) is 176 cm³/mol. The highest BCUT2D eigenvalue weighted by molar-refractivity contribution is 7.92. The van der Waals surface area contributed by atoms with E-state index in [2.05, 4.69) is 94.5 Å². The molecule has 3 aliphatic rings. The summed E-state index contributed by atoms with van der Waals surface area (Å²) in [4.78, 5) is 5.80. The fraction of sp³-hybridized carbons (Fsp3) is 0.0270. The SMILES string of the molecule is O=S1(=O)c2ccccc2-c2cc(N3c4ccccc4C4(c5cc6ccccc6cc53)c3ccsc3-c3sccc34)ccc21. The van der Waals surface area contributed by atoms with E-state index in [9.17, 15) is 8.42 Å². The minimum Gasteiger partial charge on any atom is -0.310 e. The molecule has 204 valence electrons. The monoisotopic (exact) mass is 607 g/mol. The predicted octanol–water partition coefficient (Wildman–Crippen LogP) is 9.92. The molecule has 10 rings (SSSR count). The number of thiophene rings is 2. The number of hydrogen-bond acceptors (Lipinski definition) is 5. The van der Waals surface area contributed by atoms with E-state index in [0.717, 1.165) is 28.2 Å². The van der Waals surface area contributed by atoms with E-state index >= 15 is 0 Å². The second kappa shape index (κ2) is 8.11. The second-order valence-electron chi connectivity index (χ2n) is 11.3. The topological polar surface area (TPSA) is 37.4 Å². The molecule has 1 aliphatic carbocycles. The van der Waals surface area contributed by atoms with Crippen LogP contribution in [0.25, 0.3) is 31.7 Å². The molecular formula is C37H21NO2S3. The van der Waals surface area contributed by atoms with Gasteiger partial charge in [0.25, 0.3) is 0 Å². The normalized spacial score (nSPS) is 16.0. The van der Waals surface area contributed by atoms with Gasteiger partial charge < -0.3 is 4.90 Å². The van der Waals surface area contributed by atoms with Gasteiger partial charge in [-0.1, -0.05) is 60.7 Å². The Bertz CT molecular complexity index is 2410. The van der Waals surface area contributed by atoms with Crippen LogP contribution in [0.2, 0.25) is 0 Å². The van der Waals surface area contributed by atoms with Gasteiger partial charge in [0.2, 0.25) is 9.84 Å². The summed E-state index contributed by atoms with van der Waals surface area (Å²) in [5, 5.41) is 6.82. The highest BCUT2D eigenvalue weighted by Gasteiger charge is 2.53. The van der Waals surface area contributed by atoms with Gasteiger partial charge in [-0.3, -0.25) is 0 Å². The van der Waals surface area contributed by atoms with Gasteiger partial charge in [0.15, 0.2) is 0 Å². The fourth-order valence-corrected chi connectivity index (χ4v) is 11.4. The van der Waals surface area contributed by atoms with E-state index in [1.54, 1.807) is 18.2 Å². The first-order valence-electron chi connectivity index (χ1n) is 14.2. The van der Waals surface area contributed by atoms with E-state index in [0.29, 0.717) is 9.79 Å². The summed E-state index contributed by atoms with van der Waals surface area (Å²) in [5.74, 6) is 0. The van der Waals surface area contributed by atoms with E-state index in [-0.39, 0.29) is 0 Å². The number of rotatable bonds is 1. The standard InChI is InChI=1S/C37H21NO2S3/c39-43(40)33-12-6-3-9-25(33)26-21-24(13-14-34(26)43)38-31-11-5-4-10-27(31)37(28-15-17-41-35(28)36-29(37)16-18-42-36)30-19-22-7-1-2-8-23(22)20-32(30)38/h1-21H. The zero-order valence-corrected chi connectivity index (χ0v) is 25.1. The van der Waals surface area contributed by atoms with Crippen molar-refractivity contribution in [1.82, 2.24) is 0 Å². The van der Waals surface area contributed by atoms with Gasteiger partial charge in [0.1, 0.15) is 0 Å². The van der Waals surface area contributed by atoms with Gasteiger partial charge in [-0.25, -0.2) is 8.42 Å². The van der Waals surface area contributed by atoms with Crippen molar-refractivity contribution in [3.63, 3.8) is 0 Å². The molecule has 5 aromatic carbocycles. The van der Waals surface area contributed by atoms with Crippen molar-refractivity contribution in [2.45, 2.75) is 15.2 Å². The Hall–Kier alpha value is -4.49. The molecule has 0 N–H and O–H groups in total. The van der Waals surface area contributed by atoms with E-state index in [1.807, 2.05) is 40.9 Å². The lowest BCUT2D eigenvalue weighted by molar-refractivity contribution is 0.598. The van der Waals surface area contributed by atoms with E-state index in [4.69, 9.17) is 0 Å². The third-order valence-corrected chi connectivity index (χ3v) is 13.2. The highest BCUT2D eigenvalue weighted by Crippen LogP contribution is 2.66. The number of benzene rings is 5. The smallest absolute Gasteiger partial charge is 0.207 e. The maximum Gasteiger partial charge on any atom is 0.207 e. The number of para-hydroxylation sites is 1. The van der Waals surface area contributed by atoms with Crippen LogP contribution in [0.3, 0.4) is 0 Å². The molecule has 0 radical (unpaired) electrons. The first kappa shape index (κ1) is 24.0. The van der Waals surface area contributed by atoms with Gasteiger partial charge in [-0.15, -0.1) is 22.7 Å². The van der Waals surface area contributed by atoms with Crippen LogP contribution in [0, 0.1) is 0 Å². The molecule has 0 fully saturated rings. The van der Waals surface area contributed by atoms with Crippen molar-refractivity contribution in [1.29, 1.82) is 0 Å². The maximum atomic E-state index is 13.4. The lowest BCUT2D eigenvalue weighted by Gasteiger charge is -2.44. The Morgan fingerprint density at radius 1 is 0.535 bits per heavy atom. The summed E-state index contributed by atoms with van der Waals surface area (Å²) in [6.07, 6.45) is 0. The fourth-order valence-electron chi connectivity index (χ4n) is 7.68. The van der Waals surface area contributed by atoms with Gasteiger partial charge in [-0.05, 0) is 98.4 Å². The Morgan fingerprint density at radius 2 is 1.19 bits per heavy atom. The quantitative estimate of drug-likeness (QED) is 0.186. The molecule has 1 spiro atoms. The van der Waals surface area contributed by atoms with Gasteiger partial charge in [0.05, 0.1) is 26.6 Å². The molecule has 7 aromatic rings. The zero-order chi connectivity index (χ0) is 28.5. The van der Waals surface area contributed by atoms with E-state index in [1.165, 1.54) is 42.8 Å². The van der Waals surface area contributed by atoms with Crippen LogP contribution in [0.5, 0.6) is 0 Å². The Kier molecular flexibility index (Phi) is 4.53. The van der Waals surface area contributed by atoms with Crippen LogP contribution in [-0.4, -0.2) is 8.42 Å². The van der Waals surface area contributed by atoms with Crippen LogP contribution in [0.4, 0.5) is 17.1 Å². The van der Waals surface area contributed by atoms with Crippen LogP contribution >= 0.6 is 22.7 Å². The lowest BCUT2D eigenvalue weighted by atomic mass is 9.65. The highest BCUT2D eigenvalue weighted by atomic mass is 32.2. The van der Waals surface area contributed by atoms with Crippen LogP contribution < -0.4 is 4.90 Å². The molecule has 43 heavy (non-hydrogen) atoms. The van der Waals surface area contributed by atoms with E-state index < -0.39 is 15.3 Å². The van der Waals surface area contributed by atoms with Crippen molar-refractivity contribution < 1.29 is 8.42 Å². The minimum absolute atomic E-state index is 0.375. The van der Waals surface area contributed by atoms with Crippen LogP contribution in [-0.2, 0) is 15.3 Å². The second-order valence-corrected chi connectivity index (χ2v) is 15.0. The first-order chi connectivity index (χ1) is 21.1. The number of sulfone groups is 1. The first-order valence-corrected chi connectivity index (χ1v) is 17.4. The average molecular weight is 608 g/mol. The summed E-state index contributed by atoms with van der Waals surface area (Å²) >= 11 is 3.65. The van der Waals surface area contributed by atoms with Crippen molar-refractivity contribution in [3.8, 4) is 20.9 Å². The van der Waals surface area contributed by atoms with Crippen LogP contribution in [0.1, 0.15) is 22.3 Å². The van der Waals surface area contributed by atoms with Crippen molar-refractivity contribution >= 4 is 60.3 Å². The molecule has 0 saturated heterocycles. The van der Waals surface area contributed by atoms with Gasteiger partial charge >= 0.3 is 0 Å². The molecule has 0 saturated carbocycles. The molecule has 0 amide bonds. The molecule has 4 heterocycles. The summed E-state index contributed by atoms with van der Waals surface area (Å²) in [7, 11) is -3.55. The molecule has 3 nitrogen and oxygen atoms in total. The number of hydrogen-bond donors (Lipinski definition) is 0. The van der Waals surface area contributed by atoms with Crippen molar-refractivity contribution in [2.24, 2.45) is 0 Å².